The average molecular weight is 357 g/mol. The van der Waals surface area contributed by atoms with Crippen LogP contribution in [0, 0.1) is 0 Å². The topological polar surface area (TPSA) is 143 Å². The van der Waals surface area contributed by atoms with Gasteiger partial charge in [-0.15, -0.1) is 4.40 Å². The van der Waals surface area contributed by atoms with Crippen LogP contribution >= 0.6 is 0 Å². The van der Waals surface area contributed by atoms with Crippen LogP contribution in [0.2, 0.25) is 0 Å². The number of rotatable bonds is 4. The number of hydrogen-bond acceptors (Lipinski definition) is 7. The van der Waals surface area contributed by atoms with Crippen LogP contribution < -0.4 is 15.2 Å². The van der Waals surface area contributed by atoms with Gasteiger partial charge in [-0.3, -0.25) is 4.72 Å². The van der Waals surface area contributed by atoms with Crippen molar-refractivity contribution in [2.75, 3.05) is 11.3 Å². The minimum atomic E-state index is -3.86. The first kappa shape index (κ1) is 17.0. The molecule has 0 saturated carbocycles. The quantitative estimate of drug-likeness (QED) is 0.560. The molecule has 10 heteroatoms. The molecule has 24 heavy (non-hydrogen) atoms. The maximum absolute atomic E-state index is 11.6. The molecule has 132 valence electrons. The largest absolute Gasteiger partial charge is 0.490 e. The third kappa shape index (κ3) is 3.05. The maximum atomic E-state index is 11.6. The zero-order valence-corrected chi connectivity index (χ0v) is 13.7. The van der Waals surface area contributed by atoms with Crippen molar-refractivity contribution in [2.24, 2.45) is 10.1 Å². The van der Waals surface area contributed by atoms with E-state index < -0.39 is 34.6 Å². The lowest BCUT2D eigenvalue weighted by molar-refractivity contribution is -0.0169. The molecule has 0 aromatic heterocycles. The molecule has 0 radical (unpaired) electrons. The maximum Gasteiger partial charge on any atom is 0.344 e. The molecule has 0 spiro atoms. The van der Waals surface area contributed by atoms with Gasteiger partial charge in [0.05, 0.1) is 17.4 Å². The van der Waals surface area contributed by atoms with Gasteiger partial charge in [-0.05, 0) is 18.6 Å². The number of aliphatic hydroxyl groups excluding tert-OH is 2. The molecule has 1 unspecified atom stereocenters. The molecule has 4 atom stereocenters. The summed E-state index contributed by atoms with van der Waals surface area (Å²) in [5.41, 5.74) is 6.32. The Hall–Kier alpha value is -1.88. The van der Waals surface area contributed by atoms with Crippen molar-refractivity contribution in [3.63, 3.8) is 0 Å². The lowest BCUT2D eigenvalue weighted by atomic mass is 10.1. The summed E-state index contributed by atoms with van der Waals surface area (Å²) in [6.07, 6.45) is -2.60. The molecule has 0 bridgehead atoms. The van der Waals surface area contributed by atoms with E-state index in [2.05, 4.69) is 9.12 Å². The van der Waals surface area contributed by atoms with E-state index >= 15 is 0 Å². The molecular weight excluding hydrogens is 338 g/mol. The molecule has 1 fully saturated rings. The van der Waals surface area contributed by atoms with E-state index in [0.717, 1.165) is 0 Å². The average Bonchev–Trinajstić information content (AvgIpc) is 2.78. The van der Waals surface area contributed by atoms with Crippen molar-refractivity contribution >= 4 is 21.7 Å². The molecule has 0 aliphatic carbocycles. The molecule has 1 aromatic carbocycles. The number of nitrogens with one attached hydrogen (secondary N) is 1. The molecule has 2 aliphatic rings. The normalized spacial score (nSPS) is 31.0. The second-order valence-electron chi connectivity index (χ2n) is 5.65. The molecule has 5 N–H and O–H groups in total. The number of ether oxygens (including phenoxy) is 2. The number of anilines is 1. The van der Waals surface area contributed by atoms with Crippen molar-refractivity contribution in [2.45, 2.75) is 37.8 Å². The van der Waals surface area contributed by atoms with Crippen molar-refractivity contribution in [3.8, 4) is 5.75 Å². The van der Waals surface area contributed by atoms with Crippen LogP contribution in [-0.4, -0.2) is 55.5 Å². The first-order valence-electron chi connectivity index (χ1n) is 7.48. The summed E-state index contributed by atoms with van der Waals surface area (Å²) in [7, 11) is -3.86. The summed E-state index contributed by atoms with van der Waals surface area (Å²) >= 11 is 0. The van der Waals surface area contributed by atoms with Gasteiger partial charge in [0, 0.05) is 0 Å². The molecule has 3 rings (SSSR count). The Morgan fingerprint density at radius 2 is 2.04 bits per heavy atom. The lowest BCUT2D eigenvalue weighted by Crippen LogP contribution is -2.35. The van der Waals surface area contributed by atoms with Gasteiger partial charge >= 0.3 is 10.2 Å². The highest BCUT2D eigenvalue weighted by atomic mass is 32.2. The second kappa shape index (κ2) is 6.20. The first-order valence-corrected chi connectivity index (χ1v) is 8.92. The summed E-state index contributed by atoms with van der Waals surface area (Å²) in [5, 5.41) is 19.9. The molecular formula is C14H19N3O6S. The number of hydrogen-bond donors (Lipinski definition) is 4. The minimum Gasteiger partial charge on any atom is -0.490 e. The Labute approximate surface area is 139 Å². The zero-order valence-electron chi connectivity index (χ0n) is 12.9. The van der Waals surface area contributed by atoms with E-state index in [0.29, 0.717) is 17.7 Å². The number of benzene rings is 1. The van der Waals surface area contributed by atoms with Crippen LogP contribution in [0.3, 0.4) is 0 Å². The smallest absolute Gasteiger partial charge is 0.344 e. The van der Waals surface area contributed by atoms with Gasteiger partial charge in [0.1, 0.15) is 30.7 Å². The second-order valence-corrected chi connectivity index (χ2v) is 6.98. The van der Waals surface area contributed by atoms with Crippen LogP contribution in [0.5, 0.6) is 5.75 Å². The van der Waals surface area contributed by atoms with E-state index in [4.69, 9.17) is 15.2 Å². The first-order chi connectivity index (χ1) is 11.3. The molecule has 1 aromatic rings. The molecule has 2 aliphatic heterocycles. The third-order valence-electron chi connectivity index (χ3n) is 4.01. The van der Waals surface area contributed by atoms with Crippen LogP contribution in [0.1, 0.15) is 18.9 Å². The van der Waals surface area contributed by atoms with Gasteiger partial charge in [-0.2, -0.15) is 8.42 Å². The predicted molar refractivity (Wildman–Crippen MR) is 86.2 cm³/mol. The fraction of sp³-hybridized carbons (Fsp3) is 0.500. The Morgan fingerprint density at radius 1 is 1.33 bits per heavy atom. The van der Waals surface area contributed by atoms with E-state index in [1.54, 1.807) is 18.2 Å². The lowest BCUT2D eigenvalue weighted by Gasteiger charge is -2.21. The van der Waals surface area contributed by atoms with Gasteiger partial charge in [0.25, 0.3) is 0 Å². The number of nitrogens with zero attached hydrogens (tertiary/aromatic N) is 1. The van der Waals surface area contributed by atoms with Gasteiger partial charge < -0.3 is 25.4 Å². The summed E-state index contributed by atoms with van der Waals surface area (Å²) in [6.45, 7) is 1.83. The summed E-state index contributed by atoms with van der Waals surface area (Å²) in [5.74, 6) is 0.125. The fourth-order valence-corrected chi connectivity index (χ4v) is 3.65. The van der Waals surface area contributed by atoms with Crippen molar-refractivity contribution in [1.82, 2.24) is 0 Å². The standard InChI is InChI=1S/C14H19N3O6S/c1-2-8-12(18)13(19)10(23-8)6-22-9-5-3-4-7-11(9)14(15)17-24(20,21)16-7/h3-5,8,10,12-13,16,18-19H,2,6H2,1H3,(H2,15,17)/t8?,10-,12+,13-/m1/s1. The zero-order chi connectivity index (χ0) is 17.5. The Kier molecular flexibility index (Phi) is 4.38. The highest BCUT2D eigenvalue weighted by Gasteiger charge is 2.42. The van der Waals surface area contributed by atoms with Gasteiger partial charge in [0.15, 0.2) is 5.84 Å². The molecule has 1 saturated heterocycles. The van der Waals surface area contributed by atoms with Gasteiger partial charge in [-0.25, -0.2) is 0 Å². The Balaban J connectivity index is 1.79. The summed E-state index contributed by atoms with van der Waals surface area (Å²) in [6, 6.07) is 4.75. The predicted octanol–water partition coefficient (Wildman–Crippen LogP) is -0.660. The molecule has 0 amide bonds. The van der Waals surface area contributed by atoms with Crippen LogP contribution in [-0.2, 0) is 14.9 Å². The Morgan fingerprint density at radius 3 is 2.71 bits per heavy atom. The summed E-state index contributed by atoms with van der Waals surface area (Å²) < 4.78 is 40.0. The number of nitrogens with two attached hydrogens (primary N) is 1. The highest BCUT2D eigenvalue weighted by molar-refractivity contribution is 7.91. The van der Waals surface area contributed by atoms with E-state index in [9.17, 15) is 18.6 Å². The van der Waals surface area contributed by atoms with Gasteiger partial charge in [-0.1, -0.05) is 13.0 Å². The molecule has 2 heterocycles. The van der Waals surface area contributed by atoms with Crippen molar-refractivity contribution in [1.29, 1.82) is 0 Å². The number of aliphatic hydroxyl groups is 2. The minimum absolute atomic E-state index is 0.0226. The molecule has 9 nitrogen and oxygen atoms in total. The third-order valence-corrected chi connectivity index (χ3v) is 4.92. The van der Waals surface area contributed by atoms with Crippen LogP contribution in [0.25, 0.3) is 0 Å². The highest BCUT2D eigenvalue weighted by Crippen LogP contribution is 2.31. The monoisotopic (exact) mass is 357 g/mol. The van der Waals surface area contributed by atoms with Crippen molar-refractivity contribution < 1.29 is 28.1 Å². The van der Waals surface area contributed by atoms with Crippen molar-refractivity contribution in [3.05, 3.63) is 23.8 Å². The van der Waals surface area contributed by atoms with Gasteiger partial charge in [0.2, 0.25) is 0 Å². The van der Waals surface area contributed by atoms with Crippen LogP contribution in [0.15, 0.2) is 22.6 Å². The SMILES string of the molecule is CCC1O[C@H](COc2cccc3c2C(N)=NS(=O)(=O)N3)[C@@H](O)[C@H]1O. The number of fused-ring (bicyclic) bond motifs is 1. The van der Waals surface area contributed by atoms with E-state index in [1.807, 2.05) is 6.92 Å². The van der Waals surface area contributed by atoms with Crippen LogP contribution in [0.4, 0.5) is 5.69 Å². The van der Waals surface area contributed by atoms with E-state index in [-0.39, 0.29) is 18.1 Å². The fourth-order valence-electron chi connectivity index (χ4n) is 2.81. The number of amidine groups is 1. The Bertz CT molecular complexity index is 766. The summed E-state index contributed by atoms with van der Waals surface area (Å²) in [4.78, 5) is 0. The van der Waals surface area contributed by atoms with E-state index in [1.165, 1.54) is 0 Å².